The summed E-state index contributed by atoms with van der Waals surface area (Å²) in [5.41, 5.74) is 0.581. The Labute approximate surface area is 96.7 Å². The molecule has 1 aromatic rings. The van der Waals surface area contributed by atoms with Gasteiger partial charge in [-0.1, -0.05) is 18.5 Å². The molecule has 0 saturated carbocycles. The highest BCUT2D eigenvalue weighted by Gasteiger charge is 2.27. The number of nitrogens with zero attached hydrogens (tertiary/aromatic N) is 2. The van der Waals surface area contributed by atoms with Crippen LogP contribution in [0.1, 0.15) is 12.5 Å². The molecular weight excluding hydrogens is 240 g/mol. The number of hydrogen-bond donors (Lipinski definition) is 2. The first-order valence-corrected chi connectivity index (χ1v) is 5.10. The van der Waals surface area contributed by atoms with E-state index in [-0.39, 0.29) is 11.0 Å². The molecule has 2 N–H and O–H groups in total. The third kappa shape index (κ3) is 3.24. The quantitative estimate of drug-likeness (QED) is 0.783. The second-order valence-corrected chi connectivity index (χ2v) is 3.57. The number of aromatic nitrogens is 2. The summed E-state index contributed by atoms with van der Waals surface area (Å²) in [5.74, 6) is -2.90. The predicted octanol–water partition coefficient (Wildman–Crippen LogP) is 1.73. The van der Waals surface area contributed by atoms with E-state index in [4.69, 9.17) is 16.7 Å². The molecule has 0 amide bonds. The molecule has 4 nitrogen and oxygen atoms in total. The smallest absolute Gasteiger partial charge is 0.287 e. The Hall–Kier alpha value is -1.01. The Bertz CT molecular complexity index is 363. The fraction of sp³-hybridized carbons (Fsp3) is 0.556. The van der Waals surface area contributed by atoms with Crippen molar-refractivity contribution in [3.8, 4) is 0 Å². The van der Waals surface area contributed by atoms with Gasteiger partial charge in [0.15, 0.2) is 0 Å². The van der Waals surface area contributed by atoms with Crippen LogP contribution < -0.4 is 5.32 Å². The number of nitrogens with one attached hydrogen (secondary N) is 1. The van der Waals surface area contributed by atoms with E-state index in [2.05, 4.69) is 15.3 Å². The summed E-state index contributed by atoms with van der Waals surface area (Å²) in [7, 11) is 0. The van der Waals surface area contributed by atoms with Crippen LogP contribution in [0.2, 0.25) is 5.15 Å². The number of hydrogen-bond acceptors (Lipinski definition) is 4. The summed E-state index contributed by atoms with van der Waals surface area (Å²) in [6.45, 7) is -0.0793. The zero-order chi connectivity index (χ0) is 12.2. The fourth-order valence-corrected chi connectivity index (χ4v) is 1.39. The highest BCUT2D eigenvalue weighted by Crippen LogP contribution is 2.21. The lowest BCUT2D eigenvalue weighted by Crippen LogP contribution is -2.31. The molecular formula is C9H12ClF2N3O. The van der Waals surface area contributed by atoms with Gasteiger partial charge in [-0.2, -0.15) is 0 Å². The van der Waals surface area contributed by atoms with Gasteiger partial charge in [-0.15, -0.1) is 0 Å². The monoisotopic (exact) mass is 251 g/mol. The predicted molar refractivity (Wildman–Crippen MR) is 56.9 cm³/mol. The molecule has 0 aliphatic rings. The van der Waals surface area contributed by atoms with Gasteiger partial charge in [0.1, 0.15) is 23.9 Å². The highest BCUT2D eigenvalue weighted by molar-refractivity contribution is 6.30. The molecule has 16 heavy (non-hydrogen) atoms. The van der Waals surface area contributed by atoms with Gasteiger partial charge in [-0.25, -0.2) is 18.7 Å². The SMILES string of the molecule is CCc1c(Cl)ncnc1NCC(F)(F)CO. The van der Waals surface area contributed by atoms with Crippen LogP contribution in [0.25, 0.3) is 0 Å². The summed E-state index contributed by atoms with van der Waals surface area (Å²) in [6, 6.07) is 0. The Morgan fingerprint density at radius 1 is 1.50 bits per heavy atom. The van der Waals surface area contributed by atoms with E-state index >= 15 is 0 Å². The van der Waals surface area contributed by atoms with Crippen LogP contribution >= 0.6 is 11.6 Å². The van der Waals surface area contributed by atoms with Crippen molar-refractivity contribution < 1.29 is 13.9 Å². The second-order valence-electron chi connectivity index (χ2n) is 3.21. The Morgan fingerprint density at radius 3 is 2.75 bits per heavy atom. The van der Waals surface area contributed by atoms with Gasteiger partial charge in [0.2, 0.25) is 0 Å². The van der Waals surface area contributed by atoms with E-state index in [1.54, 1.807) is 0 Å². The fourth-order valence-electron chi connectivity index (χ4n) is 1.13. The van der Waals surface area contributed by atoms with Crippen LogP contribution in [-0.2, 0) is 6.42 Å². The number of alkyl halides is 2. The minimum Gasteiger partial charge on any atom is -0.390 e. The first kappa shape index (κ1) is 13.1. The molecule has 0 fully saturated rings. The lowest BCUT2D eigenvalue weighted by atomic mass is 10.2. The van der Waals surface area contributed by atoms with E-state index in [0.717, 1.165) is 0 Å². The lowest BCUT2D eigenvalue weighted by Gasteiger charge is -2.16. The summed E-state index contributed by atoms with van der Waals surface area (Å²) in [4.78, 5) is 7.58. The van der Waals surface area contributed by atoms with E-state index in [1.807, 2.05) is 6.92 Å². The van der Waals surface area contributed by atoms with Crippen molar-refractivity contribution in [3.63, 3.8) is 0 Å². The molecule has 1 aromatic heterocycles. The van der Waals surface area contributed by atoms with Gasteiger partial charge in [0.05, 0.1) is 6.54 Å². The summed E-state index contributed by atoms with van der Waals surface area (Å²) >= 11 is 5.79. The van der Waals surface area contributed by atoms with Gasteiger partial charge in [0, 0.05) is 5.56 Å². The van der Waals surface area contributed by atoms with Crippen molar-refractivity contribution in [2.45, 2.75) is 19.3 Å². The molecule has 0 bridgehead atoms. The molecule has 0 spiro atoms. The molecule has 0 aliphatic heterocycles. The van der Waals surface area contributed by atoms with E-state index < -0.39 is 19.1 Å². The van der Waals surface area contributed by atoms with Crippen molar-refractivity contribution in [1.82, 2.24) is 9.97 Å². The van der Waals surface area contributed by atoms with Crippen molar-refractivity contribution in [3.05, 3.63) is 17.0 Å². The highest BCUT2D eigenvalue weighted by atomic mass is 35.5. The molecule has 1 heterocycles. The number of aliphatic hydroxyl groups is 1. The van der Waals surface area contributed by atoms with Crippen LogP contribution in [0.3, 0.4) is 0 Å². The van der Waals surface area contributed by atoms with Gasteiger partial charge >= 0.3 is 0 Å². The van der Waals surface area contributed by atoms with Crippen molar-refractivity contribution in [2.24, 2.45) is 0 Å². The molecule has 0 saturated heterocycles. The average molecular weight is 252 g/mol. The average Bonchev–Trinajstić information content (AvgIpc) is 2.26. The minimum absolute atomic E-state index is 0.243. The second kappa shape index (κ2) is 5.36. The van der Waals surface area contributed by atoms with Crippen LogP contribution in [-0.4, -0.2) is 34.1 Å². The Balaban J connectivity index is 2.78. The van der Waals surface area contributed by atoms with Gasteiger partial charge in [-0.05, 0) is 6.42 Å². The zero-order valence-corrected chi connectivity index (χ0v) is 9.43. The largest absolute Gasteiger partial charge is 0.390 e. The number of anilines is 1. The van der Waals surface area contributed by atoms with E-state index in [1.165, 1.54) is 6.33 Å². The molecule has 0 aliphatic carbocycles. The summed E-state index contributed by atoms with van der Waals surface area (Å²) in [5, 5.41) is 11.1. The Kier molecular flexibility index (Phi) is 4.37. The van der Waals surface area contributed by atoms with Crippen LogP contribution in [0.4, 0.5) is 14.6 Å². The van der Waals surface area contributed by atoms with E-state index in [9.17, 15) is 8.78 Å². The normalized spacial score (nSPS) is 11.6. The number of rotatable bonds is 5. The first-order chi connectivity index (χ1) is 7.50. The maximum absolute atomic E-state index is 12.8. The maximum atomic E-state index is 12.8. The minimum atomic E-state index is -3.18. The molecule has 0 unspecified atom stereocenters. The molecule has 0 atom stereocenters. The van der Waals surface area contributed by atoms with Gasteiger partial charge in [0.25, 0.3) is 5.92 Å². The van der Waals surface area contributed by atoms with Crippen LogP contribution in [0.5, 0.6) is 0 Å². The zero-order valence-electron chi connectivity index (χ0n) is 8.67. The summed E-state index contributed by atoms with van der Waals surface area (Å²) < 4.78 is 25.6. The number of aliphatic hydroxyl groups excluding tert-OH is 1. The van der Waals surface area contributed by atoms with Gasteiger partial charge in [-0.3, -0.25) is 0 Å². The molecule has 0 radical (unpaired) electrons. The molecule has 90 valence electrons. The van der Waals surface area contributed by atoms with Crippen LogP contribution in [0.15, 0.2) is 6.33 Å². The number of halogens is 3. The molecule has 1 rings (SSSR count). The van der Waals surface area contributed by atoms with Crippen LogP contribution in [0, 0.1) is 0 Å². The lowest BCUT2D eigenvalue weighted by molar-refractivity contribution is -0.0373. The maximum Gasteiger partial charge on any atom is 0.287 e. The topological polar surface area (TPSA) is 58.0 Å². The third-order valence-electron chi connectivity index (χ3n) is 1.99. The van der Waals surface area contributed by atoms with Crippen molar-refractivity contribution in [2.75, 3.05) is 18.5 Å². The third-order valence-corrected chi connectivity index (χ3v) is 2.32. The molecule has 0 aromatic carbocycles. The van der Waals surface area contributed by atoms with Gasteiger partial charge < -0.3 is 10.4 Å². The van der Waals surface area contributed by atoms with E-state index in [0.29, 0.717) is 12.0 Å². The standard InChI is InChI=1S/C9H12ClF2N3O/c1-2-6-7(10)14-5-15-8(6)13-3-9(11,12)4-16/h5,16H,2-4H2,1H3,(H,13,14,15). The summed E-state index contributed by atoms with van der Waals surface area (Å²) in [6.07, 6.45) is 1.73. The Morgan fingerprint density at radius 2 is 2.19 bits per heavy atom. The van der Waals surface area contributed by atoms with Crippen molar-refractivity contribution >= 4 is 17.4 Å². The molecule has 7 heteroatoms. The first-order valence-electron chi connectivity index (χ1n) is 4.72. The van der Waals surface area contributed by atoms with Crippen molar-refractivity contribution in [1.29, 1.82) is 0 Å².